The monoisotopic (exact) mass is 285 g/mol. The summed E-state index contributed by atoms with van der Waals surface area (Å²) in [7, 11) is 0. The number of nitrogens with one attached hydrogen (secondary N) is 1. The van der Waals surface area contributed by atoms with Gasteiger partial charge in [-0.25, -0.2) is 0 Å². The Morgan fingerprint density at radius 2 is 1.90 bits per heavy atom. The summed E-state index contributed by atoms with van der Waals surface area (Å²) in [5.74, 6) is -0.696. The highest BCUT2D eigenvalue weighted by Crippen LogP contribution is 2.21. The standard InChI is InChI=1S/C15H15N3O3/c1-9-6-7-11(13(19)8-9)15(20)17-12-5-3-2-4-10(12)14(16)18-21/h2-8,19,21H,1H3,(H2,16,18)(H,17,20). The van der Waals surface area contributed by atoms with Crippen molar-refractivity contribution in [2.45, 2.75) is 6.92 Å². The molecule has 0 aliphatic carbocycles. The summed E-state index contributed by atoms with van der Waals surface area (Å²) in [6.45, 7) is 1.81. The zero-order valence-electron chi connectivity index (χ0n) is 11.4. The van der Waals surface area contributed by atoms with E-state index in [0.717, 1.165) is 5.56 Å². The molecule has 108 valence electrons. The second-order valence-corrected chi connectivity index (χ2v) is 4.51. The van der Waals surface area contributed by atoms with E-state index in [9.17, 15) is 9.90 Å². The number of aromatic hydroxyl groups is 1. The number of phenolic OH excluding ortho intramolecular Hbond substituents is 1. The van der Waals surface area contributed by atoms with Gasteiger partial charge in [0.15, 0.2) is 5.84 Å². The van der Waals surface area contributed by atoms with Crippen LogP contribution in [0.25, 0.3) is 0 Å². The van der Waals surface area contributed by atoms with Gasteiger partial charge in [-0.2, -0.15) is 0 Å². The Labute approximate surface area is 121 Å². The van der Waals surface area contributed by atoms with Gasteiger partial charge in [-0.3, -0.25) is 4.79 Å². The van der Waals surface area contributed by atoms with Crippen LogP contribution in [0.15, 0.2) is 47.6 Å². The Balaban J connectivity index is 2.32. The molecule has 6 heteroatoms. The van der Waals surface area contributed by atoms with Crippen LogP contribution >= 0.6 is 0 Å². The number of benzene rings is 2. The molecule has 6 nitrogen and oxygen atoms in total. The first-order valence-corrected chi connectivity index (χ1v) is 6.21. The molecule has 0 aromatic heterocycles. The van der Waals surface area contributed by atoms with Crippen molar-refractivity contribution in [2.24, 2.45) is 10.9 Å². The van der Waals surface area contributed by atoms with Gasteiger partial charge in [0.1, 0.15) is 5.75 Å². The number of phenols is 1. The lowest BCUT2D eigenvalue weighted by Gasteiger charge is -2.11. The first-order chi connectivity index (χ1) is 10.0. The first-order valence-electron chi connectivity index (χ1n) is 6.21. The normalized spacial score (nSPS) is 11.2. The molecule has 2 aromatic rings. The summed E-state index contributed by atoms with van der Waals surface area (Å²) in [6, 6.07) is 11.4. The van der Waals surface area contributed by atoms with Crippen LogP contribution in [0.2, 0.25) is 0 Å². The minimum absolute atomic E-state index is 0.103. The largest absolute Gasteiger partial charge is 0.507 e. The SMILES string of the molecule is Cc1ccc(C(=O)Nc2ccccc2/C(N)=N/O)c(O)c1. The molecule has 2 aromatic carbocycles. The number of nitrogens with zero attached hydrogens (tertiary/aromatic N) is 1. The molecule has 5 N–H and O–H groups in total. The molecule has 0 saturated heterocycles. The number of aryl methyl sites for hydroxylation is 1. The molecule has 0 saturated carbocycles. The quantitative estimate of drug-likeness (QED) is 0.299. The highest BCUT2D eigenvalue weighted by molar-refractivity contribution is 6.10. The number of carbonyl (C=O) groups excluding carboxylic acids is 1. The third-order valence-corrected chi connectivity index (χ3v) is 2.96. The fourth-order valence-corrected chi connectivity index (χ4v) is 1.89. The van der Waals surface area contributed by atoms with E-state index >= 15 is 0 Å². The van der Waals surface area contributed by atoms with Gasteiger partial charge in [0.05, 0.1) is 11.3 Å². The molecule has 0 aliphatic heterocycles. The van der Waals surface area contributed by atoms with E-state index in [-0.39, 0.29) is 17.1 Å². The average molecular weight is 285 g/mol. The first kappa shape index (κ1) is 14.4. The Kier molecular flexibility index (Phi) is 4.08. The van der Waals surface area contributed by atoms with Crippen LogP contribution in [0.4, 0.5) is 5.69 Å². The van der Waals surface area contributed by atoms with Gasteiger partial charge in [0, 0.05) is 5.56 Å². The summed E-state index contributed by atoms with van der Waals surface area (Å²) < 4.78 is 0. The zero-order valence-corrected chi connectivity index (χ0v) is 11.4. The minimum atomic E-state index is -0.481. The molecule has 0 atom stereocenters. The number of para-hydroxylation sites is 1. The van der Waals surface area contributed by atoms with E-state index in [4.69, 9.17) is 10.9 Å². The molecule has 21 heavy (non-hydrogen) atoms. The summed E-state index contributed by atoms with van der Waals surface area (Å²) in [5, 5.41) is 24.1. The summed E-state index contributed by atoms with van der Waals surface area (Å²) in [5.41, 5.74) is 7.33. The lowest BCUT2D eigenvalue weighted by molar-refractivity contribution is 0.102. The number of carbonyl (C=O) groups is 1. The number of rotatable bonds is 3. The Hall–Kier alpha value is -3.02. The third kappa shape index (κ3) is 3.11. The molecule has 0 fully saturated rings. The molecule has 0 spiro atoms. The van der Waals surface area contributed by atoms with Crippen LogP contribution in [-0.4, -0.2) is 22.1 Å². The van der Waals surface area contributed by atoms with Crippen molar-refractivity contribution in [2.75, 3.05) is 5.32 Å². The van der Waals surface area contributed by atoms with Crippen molar-refractivity contribution >= 4 is 17.4 Å². The van der Waals surface area contributed by atoms with Crippen molar-refractivity contribution in [3.05, 3.63) is 59.2 Å². The van der Waals surface area contributed by atoms with E-state index in [0.29, 0.717) is 11.3 Å². The summed E-state index contributed by atoms with van der Waals surface area (Å²) in [4.78, 5) is 12.2. The van der Waals surface area contributed by atoms with Crippen LogP contribution in [-0.2, 0) is 0 Å². The molecule has 0 heterocycles. The van der Waals surface area contributed by atoms with Crippen molar-refractivity contribution in [1.29, 1.82) is 0 Å². The van der Waals surface area contributed by atoms with Crippen LogP contribution in [0, 0.1) is 6.92 Å². The van der Waals surface area contributed by atoms with Gasteiger partial charge in [0.2, 0.25) is 0 Å². The summed E-state index contributed by atoms with van der Waals surface area (Å²) >= 11 is 0. The maximum Gasteiger partial charge on any atom is 0.259 e. The topological polar surface area (TPSA) is 108 Å². The predicted molar refractivity (Wildman–Crippen MR) is 79.7 cm³/mol. The fourth-order valence-electron chi connectivity index (χ4n) is 1.89. The van der Waals surface area contributed by atoms with Crippen molar-refractivity contribution in [3.63, 3.8) is 0 Å². The van der Waals surface area contributed by atoms with E-state index in [2.05, 4.69) is 10.5 Å². The second kappa shape index (κ2) is 5.96. The van der Waals surface area contributed by atoms with Crippen molar-refractivity contribution in [1.82, 2.24) is 0 Å². The second-order valence-electron chi connectivity index (χ2n) is 4.51. The van der Waals surface area contributed by atoms with Crippen LogP contribution in [0.5, 0.6) is 5.75 Å². The van der Waals surface area contributed by atoms with Gasteiger partial charge < -0.3 is 21.4 Å². The minimum Gasteiger partial charge on any atom is -0.507 e. The van der Waals surface area contributed by atoms with Gasteiger partial charge in [-0.1, -0.05) is 23.4 Å². The van der Waals surface area contributed by atoms with E-state index in [1.807, 2.05) is 6.92 Å². The number of amides is 1. The number of anilines is 1. The number of hydrogen-bond donors (Lipinski definition) is 4. The molecule has 2 rings (SSSR count). The number of nitrogens with two attached hydrogens (primary N) is 1. The molecule has 0 unspecified atom stereocenters. The van der Waals surface area contributed by atoms with Gasteiger partial charge in [0.25, 0.3) is 5.91 Å². The molecule has 1 amide bonds. The van der Waals surface area contributed by atoms with E-state index in [1.165, 1.54) is 12.1 Å². The zero-order chi connectivity index (χ0) is 15.4. The molecular formula is C15H15N3O3. The van der Waals surface area contributed by atoms with Crippen molar-refractivity contribution < 1.29 is 15.1 Å². The lowest BCUT2D eigenvalue weighted by Crippen LogP contribution is -2.19. The van der Waals surface area contributed by atoms with E-state index < -0.39 is 5.91 Å². The molecule has 0 aliphatic rings. The van der Waals surface area contributed by atoms with Gasteiger partial charge >= 0.3 is 0 Å². The van der Waals surface area contributed by atoms with E-state index in [1.54, 1.807) is 30.3 Å². The van der Waals surface area contributed by atoms with Crippen LogP contribution in [0.1, 0.15) is 21.5 Å². The highest BCUT2D eigenvalue weighted by atomic mass is 16.4. The molecular weight excluding hydrogens is 270 g/mol. The number of oxime groups is 1. The van der Waals surface area contributed by atoms with Gasteiger partial charge in [-0.05, 0) is 36.8 Å². The molecule has 0 radical (unpaired) electrons. The predicted octanol–water partition coefficient (Wildman–Crippen LogP) is 2.05. The molecule has 0 bridgehead atoms. The van der Waals surface area contributed by atoms with Crippen LogP contribution in [0.3, 0.4) is 0 Å². The average Bonchev–Trinajstić information content (AvgIpc) is 2.46. The highest BCUT2D eigenvalue weighted by Gasteiger charge is 2.14. The Bertz CT molecular complexity index is 711. The van der Waals surface area contributed by atoms with Gasteiger partial charge in [-0.15, -0.1) is 0 Å². The summed E-state index contributed by atoms with van der Waals surface area (Å²) in [6.07, 6.45) is 0. The fraction of sp³-hybridized carbons (Fsp3) is 0.0667. The smallest absolute Gasteiger partial charge is 0.259 e. The number of hydrogen-bond acceptors (Lipinski definition) is 4. The maximum absolute atomic E-state index is 12.2. The maximum atomic E-state index is 12.2. The lowest BCUT2D eigenvalue weighted by atomic mass is 10.1. The van der Waals surface area contributed by atoms with Crippen LogP contribution < -0.4 is 11.1 Å². The number of amidine groups is 1. The Morgan fingerprint density at radius 3 is 2.57 bits per heavy atom. The van der Waals surface area contributed by atoms with Crippen molar-refractivity contribution in [3.8, 4) is 5.75 Å². The third-order valence-electron chi connectivity index (χ3n) is 2.96. The Morgan fingerprint density at radius 1 is 1.19 bits per heavy atom.